The molecule has 0 radical (unpaired) electrons. The minimum Gasteiger partial charge on any atom is -0.319 e. The fraction of sp³-hybridized carbons (Fsp3) is 0.833. The maximum atomic E-state index is 3.85. The van der Waals surface area contributed by atoms with Gasteiger partial charge < -0.3 is 5.32 Å². The van der Waals surface area contributed by atoms with Gasteiger partial charge in [0, 0.05) is 0 Å². The smallest absolute Gasteiger partial charge is 0.00179 e. The summed E-state index contributed by atoms with van der Waals surface area (Å²) in [5.41, 5.74) is 0. The fourth-order valence-corrected chi connectivity index (χ4v) is 2.52. The van der Waals surface area contributed by atoms with Gasteiger partial charge in [0.05, 0.1) is 0 Å². The van der Waals surface area contributed by atoms with Gasteiger partial charge in [-0.05, 0) is 31.8 Å². The molecule has 0 aromatic heterocycles. The highest BCUT2D eigenvalue weighted by Gasteiger charge is 2.21. The summed E-state index contributed by atoms with van der Waals surface area (Å²) in [5, 5.41) is 3.30. The van der Waals surface area contributed by atoms with E-state index < -0.39 is 0 Å². The van der Waals surface area contributed by atoms with Crippen LogP contribution in [0, 0.1) is 11.8 Å². The van der Waals surface area contributed by atoms with Crippen molar-refractivity contribution in [2.24, 2.45) is 11.8 Å². The predicted molar refractivity (Wildman–Crippen MR) is 58.8 cm³/mol. The van der Waals surface area contributed by atoms with Gasteiger partial charge in [-0.1, -0.05) is 38.2 Å². The molecule has 76 valence electrons. The van der Waals surface area contributed by atoms with E-state index in [0.29, 0.717) is 0 Å². The standard InChI is InChI=1S/C12H23N/c1-3-7-12(10-13-2)11-8-5-4-6-9-11/h3,11-13H,1,4-10H2,2H3/t12-/m0/s1. The molecule has 0 saturated heterocycles. The van der Waals surface area contributed by atoms with Crippen LogP contribution in [-0.4, -0.2) is 13.6 Å². The molecule has 1 nitrogen and oxygen atoms in total. The van der Waals surface area contributed by atoms with E-state index in [1.54, 1.807) is 0 Å². The molecule has 1 aliphatic carbocycles. The number of allylic oxidation sites excluding steroid dienone is 1. The third-order valence-electron chi connectivity index (χ3n) is 3.25. The summed E-state index contributed by atoms with van der Waals surface area (Å²) in [7, 11) is 2.05. The molecule has 1 N–H and O–H groups in total. The average molecular weight is 181 g/mol. The van der Waals surface area contributed by atoms with Crippen LogP contribution in [0.4, 0.5) is 0 Å². The fourth-order valence-electron chi connectivity index (χ4n) is 2.52. The molecule has 0 amide bonds. The first-order valence-electron chi connectivity index (χ1n) is 5.64. The Hall–Kier alpha value is -0.300. The van der Waals surface area contributed by atoms with Crippen molar-refractivity contribution < 1.29 is 0 Å². The molecule has 1 atom stereocenters. The van der Waals surface area contributed by atoms with Gasteiger partial charge in [-0.3, -0.25) is 0 Å². The molecular weight excluding hydrogens is 158 g/mol. The average Bonchev–Trinajstić information content (AvgIpc) is 2.19. The normalized spacial score (nSPS) is 21.3. The quantitative estimate of drug-likeness (QED) is 0.643. The van der Waals surface area contributed by atoms with Crippen LogP contribution in [0.1, 0.15) is 38.5 Å². The first-order valence-corrected chi connectivity index (χ1v) is 5.64. The third-order valence-corrected chi connectivity index (χ3v) is 3.25. The first-order chi connectivity index (χ1) is 6.38. The zero-order valence-electron chi connectivity index (χ0n) is 8.89. The maximum Gasteiger partial charge on any atom is -0.00179 e. The molecule has 0 aliphatic heterocycles. The van der Waals surface area contributed by atoms with Crippen molar-refractivity contribution in [1.82, 2.24) is 5.32 Å². The maximum absolute atomic E-state index is 3.85. The van der Waals surface area contributed by atoms with Crippen LogP contribution in [0.15, 0.2) is 12.7 Å². The first kappa shape index (κ1) is 10.8. The van der Waals surface area contributed by atoms with Crippen molar-refractivity contribution in [3.8, 4) is 0 Å². The lowest BCUT2D eigenvalue weighted by Gasteiger charge is -2.29. The van der Waals surface area contributed by atoms with E-state index in [1.165, 1.54) is 38.5 Å². The molecule has 0 heterocycles. The van der Waals surface area contributed by atoms with Gasteiger partial charge in [-0.15, -0.1) is 6.58 Å². The second-order valence-corrected chi connectivity index (χ2v) is 4.24. The van der Waals surface area contributed by atoms with Crippen LogP contribution in [0.3, 0.4) is 0 Å². The molecule has 0 unspecified atom stereocenters. The van der Waals surface area contributed by atoms with E-state index in [9.17, 15) is 0 Å². The zero-order valence-corrected chi connectivity index (χ0v) is 8.89. The molecule has 1 fully saturated rings. The molecule has 0 aromatic carbocycles. The Morgan fingerprint density at radius 2 is 2.08 bits per heavy atom. The molecule has 1 saturated carbocycles. The molecular formula is C12H23N. The molecule has 13 heavy (non-hydrogen) atoms. The van der Waals surface area contributed by atoms with Gasteiger partial charge in [-0.25, -0.2) is 0 Å². The summed E-state index contributed by atoms with van der Waals surface area (Å²) in [4.78, 5) is 0. The summed E-state index contributed by atoms with van der Waals surface area (Å²) in [6.07, 6.45) is 10.5. The minimum atomic E-state index is 0.836. The number of hydrogen-bond acceptors (Lipinski definition) is 1. The summed E-state index contributed by atoms with van der Waals surface area (Å²) >= 11 is 0. The van der Waals surface area contributed by atoms with E-state index in [0.717, 1.165) is 18.4 Å². The summed E-state index contributed by atoms with van der Waals surface area (Å²) in [6, 6.07) is 0. The second-order valence-electron chi connectivity index (χ2n) is 4.24. The van der Waals surface area contributed by atoms with Gasteiger partial charge in [0.1, 0.15) is 0 Å². The lowest BCUT2D eigenvalue weighted by atomic mass is 9.78. The highest BCUT2D eigenvalue weighted by molar-refractivity contribution is 4.81. The summed E-state index contributed by atoms with van der Waals surface area (Å²) in [5.74, 6) is 1.79. The highest BCUT2D eigenvalue weighted by atomic mass is 14.8. The Balaban J connectivity index is 2.36. The lowest BCUT2D eigenvalue weighted by Crippen LogP contribution is -2.27. The monoisotopic (exact) mass is 181 g/mol. The molecule has 1 heteroatoms. The molecule has 1 aliphatic rings. The molecule has 1 rings (SSSR count). The third kappa shape index (κ3) is 3.51. The number of hydrogen-bond donors (Lipinski definition) is 1. The molecule has 0 spiro atoms. The van der Waals surface area contributed by atoms with Crippen molar-refractivity contribution in [1.29, 1.82) is 0 Å². The van der Waals surface area contributed by atoms with Crippen LogP contribution in [0.25, 0.3) is 0 Å². The van der Waals surface area contributed by atoms with E-state index in [1.807, 2.05) is 0 Å². The molecule has 0 aromatic rings. The Morgan fingerprint density at radius 1 is 1.38 bits per heavy atom. The zero-order chi connectivity index (χ0) is 9.52. The van der Waals surface area contributed by atoms with E-state index >= 15 is 0 Å². The second kappa shape index (κ2) is 6.20. The van der Waals surface area contributed by atoms with Gasteiger partial charge in [0.25, 0.3) is 0 Å². The molecule has 0 bridgehead atoms. The van der Waals surface area contributed by atoms with Crippen molar-refractivity contribution in [3.63, 3.8) is 0 Å². The Bertz CT molecular complexity index is 136. The van der Waals surface area contributed by atoms with Crippen LogP contribution < -0.4 is 5.32 Å². The van der Waals surface area contributed by atoms with E-state index in [4.69, 9.17) is 0 Å². The topological polar surface area (TPSA) is 12.0 Å². The van der Waals surface area contributed by atoms with Crippen molar-refractivity contribution in [2.75, 3.05) is 13.6 Å². The van der Waals surface area contributed by atoms with E-state index in [-0.39, 0.29) is 0 Å². The van der Waals surface area contributed by atoms with Crippen LogP contribution in [0.2, 0.25) is 0 Å². The van der Waals surface area contributed by atoms with Crippen molar-refractivity contribution in [3.05, 3.63) is 12.7 Å². The minimum absolute atomic E-state index is 0.836. The van der Waals surface area contributed by atoms with Crippen LogP contribution in [-0.2, 0) is 0 Å². The lowest BCUT2D eigenvalue weighted by molar-refractivity contribution is 0.245. The summed E-state index contributed by atoms with van der Waals surface area (Å²) in [6.45, 7) is 5.01. The Morgan fingerprint density at radius 3 is 2.62 bits per heavy atom. The van der Waals surface area contributed by atoms with Crippen LogP contribution in [0.5, 0.6) is 0 Å². The Labute approximate surface area is 82.6 Å². The Kier molecular flexibility index (Phi) is 5.14. The predicted octanol–water partition coefficient (Wildman–Crippen LogP) is 2.98. The number of nitrogens with one attached hydrogen (secondary N) is 1. The highest BCUT2D eigenvalue weighted by Crippen LogP contribution is 2.31. The SMILES string of the molecule is C=CC[C@@H](CNC)C1CCCCC1. The van der Waals surface area contributed by atoms with Gasteiger partial charge in [0.15, 0.2) is 0 Å². The van der Waals surface area contributed by atoms with Crippen LogP contribution >= 0.6 is 0 Å². The van der Waals surface area contributed by atoms with Crippen molar-refractivity contribution in [2.45, 2.75) is 38.5 Å². The largest absolute Gasteiger partial charge is 0.319 e. The number of rotatable bonds is 5. The van der Waals surface area contributed by atoms with E-state index in [2.05, 4.69) is 25.0 Å². The van der Waals surface area contributed by atoms with Crippen molar-refractivity contribution >= 4 is 0 Å². The van der Waals surface area contributed by atoms with Gasteiger partial charge in [0.2, 0.25) is 0 Å². The summed E-state index contributed by atoms with van der Waals surface area (Å²) < 4.78 is 0. The van der Waals surface area contributed by atoms with Gasteiger partial charge >= 0.3 is 0 Å². The van der Waals surface area contributed by atoms with Gasteiger partial charge in [-0.2, -0.15) is 0 Å².